The molecule has 1 amide bonds. The summed E-state index contributed by atoms with van der Waals surface area (Å²) in [6, 6.07) is 5.03. The fourth-order valence-corrected chi connectivity index (χ4v) is 2.17. The summed E-state index contributed by atoms with van der Waals surface area (Å²) in [5.41, 5.74) is 2.44. The fraction of sp³-hybridized carbons (Fsp3) is 0.231. The van der Waals surface area contributed by atoms with Gasteiger partial charge in [-0.15, -0.1) is 11.3 Å². The number of carbonyl (C=O) groups is 1. The largest absolute Gasteiger partial charge is 0.386 e. The van der Waals surface area contributed by atoms with E-state index >= 15 is 0 Å². The number of hydrogen-bond acceptors (Lipinski definition) is 4. The lowest BCUT2D eigenvalue weighted by Crippen LogP contribution is -2.37. The predicted octanol–water partition coefficient (Wildman–Crippen LogP) is 2.13. The third-order valence-corrected chi connectivity index (χ3v) is 3.30. The molecular formula is C13H13FN2O2S. The Labute approximate surface area is 113 Å². The van der Waals surface area contributed by atoms with Crippen LogP contribution in [0.15, 0.2) is 35.2 Å². The predicted molar refractivity (Wildman–Crippen MR) is 70.4 cm³/mol. The van der Waals surface area contributed by atoms with Crippen molar-refractivity contribution in [2.24, 2.45) is 0 Å². The summed E-state index contributed by atoms with van der Waals surface area (Å²) in [7, 11) is 0. The molecule has 0 bridgehead atoms. The molecule has 1 aromatic carbocycles. The first-order chi connectivity index (χ1) is 9.08. The normalized spacial score (nSPS) is 13.8. The zero-order valence-electron chi connectivity index (χ0n) is 10.2. The van der Waals surface area contributed by atoms with Gasteiger partial charge >= 0.3 is 0 Å². The molecule has 1 heterocycles. The molecule has 0 aliphatic rings. The summed E-state index contributed by atoms with van der Waals surface area (Å²) in [5.74, 6) is -0.704. The van der Waals surface area contributed by atoms with Crippen LogP contribution in [0.3, 0.4) is 0 Å². The van der Waals surface area contributed by atoms with Gasteiger partial charge in [0.25, 0.3) is 5.91 Å². The average Bonchev–Trinajstić information content (AvgIpc) is 2.92. The first-order valence-electron chi connectivity index (χ1n) is 5.70. The molecule has 2 rings (SSSR count). The average molecular weight is 280 g/mol. The van der Waals surface area contributed by atoms with E-state index in [-0.39, 0.29) is 11.7 Å². The first-order valence-corrected chi connectivity index (χ1v) is 6.65. The molecule has 4 nitrogen and oxygen atoms in total. The lowest BCUT2D eigenvalue weighted by molar-refractivity contribution is 0.0848. The van der Waals surface area contributed by atoms with Crippen molar-refractivity contribution in [1.82, 2.24) is 10.3 Å². The molecule has 6 heteroatoms. The highest BCUT2D eigenvalue weighted by atomic mass is 32.1. The summed E-state index contributed by atoms with van der Waals surface area (Å²) >= 11 is 1.33. The minimum Gasteiger partial charge on any atom is -0.386 e. The van der Waals surface area contributed by atoms with Crippen LogP contribution in [-0.2, 0) is 0 Å². The summed E-state index contributed by atoms with van der Waals surface area (Å²) in [4.78, 5) is 15.7. The molecule has 0 fully saturated rings. The smallest absolute Gasteiger partial charge is 0.271 e. The summed E-state index contributed by atoms with van der Waals surface area (Å²) < 4.78 is 12.8. The van der Waals surface area contributed by atoms with E-state index in [9.17, 15) is 14.3 Å². The van der Waals surface area contributed by atoms with Crippen molar-refractivity contribution >= 4 is 17.2 Å². The fourth-order valence-electron chi connectivity index (χ4n) is 1.63. The maximum absolute atomic E-state index is 12.8. The number of nitrogens with one attached hydrogen (secondary N) is 1. The summed E-state index contributed by atoms with van der Waals surface area (Å²) in [5, 5.41) is 14.4. The Morgan fingerprint density at radius 1 is 1.42 bits per heavy atom. The molecule has 2 atom stereocenters. The molecule has 0 saturated carbocycles. The molecule has 0 unspecified atom stereocenters. The van der Waals surface area contributed by atoms with Gasteiger partial charge in [0.15, 0.2) is 0 Å². The number of hydrogen-bond donors (Lipinski definition) is 2. The van der Waals surface area contributed by atoms with Gasteiger partial charge in [-0.3, -0.25) is 4.79 Å². The lowest BCUT2D eigenvalue weighted by Gasteiger charge is -2.20. The van der Waals surface area contributed by atoms with Crippen LogP contribution < -0.4 is 5.32 Å². The van der Waals surface area contributed by atoms with E-state index in [1.807, 2.05) is 0 Å². The molecule has 100 valence electrons. The van der Waals surface area contributed by atoms with Crippen LogP contribution >= 0.6 is 11.3 Å². The van der Waals surface area contributed by atoms with Crippen molar-refractivity contribution in [3.05, 3.63) is 52.2 Å². The van der Waals surface area contributed by atoms with Crippen LogP contribution in [-0.4, -0.2) is 22.0 Å². The van der Waals surface area contributed by atoms with Crippen LogP contribution in [0.5, 0.6) is 0 Å². The number of rotatable bonds is 4. The Bertz CT molecular complexity index is 542. The van der Waals surface area contributed by atoms with Gasteiger partial charge in [-0.2, -0.15) is 0 Å². The maximum atomic E-state index is 12.8. The number of thiazole rings is 1. The number of benzene rings is 1. The SMILES string of the molecule is C[C@H](NC(=O)c1cscn1)[C@@H](O)c1ccc(F)cc1. The third kappa shape index (κ3) is 3.36. The van der Waals surface area contributed by atoms with Gasteiger partial charge in [0.2, 0.25) is 0 Å². The zero-order chi connectivity index (χ0) is 13.8. The van der Waals surface area contributed by atoms with Crippen LogP contribution in [0.4, 0.5) is 4.39 Å². The Kier molecular flexibility index (Phi) is 4.24. The summed E-state index contributed by atoms with van der Waals surface area (Å²) in [6.45, 7) is 1.68. The topological polar surface area (TPSA) is 62.2 Å². The molecule has 2 N–H and O–H groups in total. The Morgan fingerprint density at radius 3 is 2.68 bits per heavy atom. The van der Waals surface area contributed by atoms with Gasteiger partial charge in [-0.25, -0.2) is 9.37 Å². The number of carbonyl (C=O) groups excluding carboxylic acids is 1. The number of amides is 1. The van der Waals surface area contributed by atoms with Gasteiger partial charge in [0.05, 0.1) is 17.7 Å². The van der Waals surface area contributed by atoms with Crippen molar-refractivity contribution in [2.75, 3.05) is 0 Å². The third-order valence-electron chi connectivity index (χ3n) is 2.71. The minimum atomic E-state index is -0.900. The molecule has 0 radical (unpaired) electrons. The highest BCUT2D eigenvalue weighted by Gasteiger charge is 2.19. The van der Waals surface area contributed by atoms with E-state index in [0.717, 1.165) is 0 Å². The summed E-state index contributed by atoms with van der Waals surface area (Å²) in [6.07, 6.45) is -0.900. The number of halogens is 1. The van der Waals surface area contributed by atoms with Crippen LogP contribution in [0.2, 0.25) is 0 Å². The van der Waals surface area contributed by atoms with Crippen molar-refractivity contribution in [2.45, 2.75) is 19.1 Å². The Balaban J connectivity index is 2.01. The van der Waals surface area contributed by atoms with Gasteiger partial charge in [0, 0.05) is 5.38 Å². The molecule has 0 spiro atoms. The highest BCUT2D eigenvalue weighted by Crippen LogP contribution is 2.17. The first kappa shape index (κ1) is 13.6. The van der Waals surface area contributed by atoms with Crippen molar-refractivity contribution in [3.63, 3.8) is 0 Å². The van der Waals surface area contributed by atoms with E-state index in [1.165, 1.54) is 35.6 Å². The van der Waals surface area contributed by atoms with Gasteiger partial charge in [-0.05, 0) is 24.6 Å². The second kappa shape index (κ2) is 5.90. The van der Waals surface area contributed by atoms with Crippen molar-refractivity contribution < 1.29 is 14.3 Å². The molecule has 1 aromatic heterocycles. The number of nitrogens with zero attached hydrogens (tertiary/aromatic N) is 1. The highest BCUT2D eigenvalue weighted by molar-refractivity contribution is 7.07. The Morgan fingerprint density at radius 2 is 2.11 bits per heavy atom. The standard InChI is InChI=1S/C13H13FN2O2S/c1-8(16-13(18)11-6-19-7-15-11)12(17)9-2-4-10(14)5-3-9/h2-8,12,17H,1H3,(H,16,18)/t8-,12+/m0/s1. The van der Waals surface area contributed by atoms with E-state index in [4.69, 9.17) is 0 Å². The maximum Gasteiger partial charge on any atom is 0.271 e. The lowest BCUT2D eigenvalue weighted by atomic mass is 10.0. The molecule has 2 aromatic rings. The van der Waals surface area contributed by atoms with E-state index < -0.39 is 12.1 Å². The van der Waals surface area contributed by atoms with Gasteiger partial charge < -0.3 is 10.4 Å². The monoisotopic (exact) mass is 280 g/mol. The van der Waals surface area contributed by atoms with E-state index in [2.05, 4.69) is 10.3 Å². The second-order valence-electron chi connectivity index (χ2n) is 4.13. The van der Waals surface area contributed by atoms with Crippen LogP contribution in [0.25, 0.3) is 0 Å². The number of aliphatic hydroxyl groups is 1. The Hall–Kier alpha value is -1.79. The second-order valence-corrected chi connectivity index (χ2v) is 4.85. The van der Waals surface area contributed by atoms with Crippen LogP contribution in [0, 0.1) is 5.82 Å². The van der Waals surface area contributed by atoms with Crippen molar-refractivity contribution in [3.8, 4) is 0 Å². The molecule has 19 heavy (non-hydrogen) atoms. The molecule has 0 aliphatic carbocycles. The molecule has 0 aliphatic heterocycles. The van der Waals surface area contributed by atoms with Gasteiger partial charge in [-0.1, -0.05) is 12.1 Å². The molecule has 0 saturated heterocycles. The molecular weight excluding hydrogens is 267 g/mol. The van der Waals surface area contributed by atoms with E-state index in [0.29, 0.717) is 11.3 Å². The van der Waals surface area contributed by atoms with E-state index in [1.54, 1.807) is 17.8 Å². The quantitative estimate of drug-likeness (QED) is 0.902. The zero-order valence-corrected chi connectivity index (χ0v) is 11.0. The number of aliphatic hydroxyl groups excluding tert-OH is 1. The van der Waals surface area contributed by atoms with Crippen molar-refractivity contribution in [1.29, 1.82) is 0 Å². The van der Waals surface area contributed by atoms with Gasteiger partial charge in [0.1, 0.15) is 11.5 Å². The minimum absolute atomic E-state index is 0.322. The van der Waals surface area contributed by atoms with Crippen LogP contribution in [0.1, 0.15) is 29.1 Å². The number of aromatic nitrogens is 1.